The number of benzene rings is 2. The molecule has 3 nitrogen and oxygen atoms in total. The number of nitrogens with zero attached hydrogens (tertiary/aromatic N) is 1. The first-order valence-corrected chi connectivity index (χ1v) is 6.17. The lowest BCUT2D eigenvalue weighted by Crippen LogP contribution is -2.27. The Morgan fingerprint density at radius 3 is 2.55 bits per heavy atom. The van der Waals surface area contributed by atoms with Crippen LogP contribution in [0.3, 0.4) is 0 Å². The first-order chi connectivity index (χ1) is 9.61. The van der Waals surface area contributed by atoms with Crippen molar-refractivity contribution in [1.82, 2.24) is 5.32 Å². The van der Waals surface area contributed by atoms with Crippen LogP contribution in [0.5, 0.6) is 0 Å². The van der Waals surface area contributed by atoms with E-state index < -0.39 is 11.7 Å². The van der Waals surface area contributed by atoms with Crippen LogP contribution in [0.2, 0.25) is 0 Å². The van der Waals surface area contributed by atoms with E-state index in [1.807, 2.05) is 43.3 Å². The van der Waals surface area contributed by atoms with E-state index in [9.17, 15) is 9.18 Å². The molecular weight excluding hydrogens is 255 g/mol. The van der Waals surface area contributed by atoms with Crippen LogP contribution >= 0.6 is 0 Å². The second-order valence-corrected chi connectivity index (χ2v) is 4.41. The lowest BCUT2D eigenvalue weighted by molar-refractivity contribution is 0.0936. The van der Waals surface area contributed by atoms with E-state index in [4.69, 9.17) is 5.26 Å². The number of nitriles is 1. The number of hydrogen-bond acceptors (Lipinski definition) is 2. The number of amides is 1. The molecule has 0 heterocycles. The van der Waals surface area contributed by atoms with Crippen molar-refractivity contribution in [3.05, 3.63) is 71.0 Å². The number of rotatable bonds is 3. The second kappa shape index (κ2) is 5.98. The van der Waals surface area contributed by atoms with Gasteiger partial charge in [0, 0.05) is 0 Å². The molecule has 0 unspecified atom stereocenters. The Balaban J connectivity index is 2.15. The Bertz CT molecular complexity index is 662. The fraction of sp³-hybridized carbons (Fsp3) is 0.125. The molecule has 1 amide bonds. The number of carbonyl (C=O) groups excluding carboxylic acids is 1. The molecule has 0 aromatic heterocycles. The Labute approximate surface area is 116 Å². The van der Waals surface area contributed by atoms with Crippen molar-refractivity contribution in [2.75, 3.05) is 0 Å². The molecule has 0 aliphatic heterocycles. The summed E-state index contributed by atoms with van der Waals surface area (Å²) in [6, 6.07) is 14.8. The van der Waals surface area contributed by atoms with Crippen molar-refractivity contribution in [3.8, 4) is 6.07 Å². The van der Waals surface area contributed by atoms with Gasteiger partial charge in [0.15, 0.2) is 0 Å². The Kier molecular flexibility index (Phi) is 4.11. The zero-order chi connectivity index (χ0) is 14.5. The molecule has 1 N–H and O–H groups in total. The molecular formula is C16H13FN2O. The van der Waals surface area contributed by atoms with Gasteiger partial charge in [0.25, 0.3) is 5.91 Å². The number of hydrogen-bond donors (Lipinski definition) is 1. The summed E-state index contributed by atoms with van der Waals surface area (Å²) in [7, 11) is 0. The highest BCUT2D eigenvalue weighted by molar-refractivity contribution is 5.94. The third-order valence-electron chi connectivity index (χ3n) is 2.99. The van der Waals surface area contributed by atoms with Crippen LogP contribution in [0.15, 0.2) is 48.5 Å². The Morgan fingerprint density at radius 2 is 1.95 bits per heavy atom. The van der Waals surface area contributed by atoms with Gasteiger partial charge in [0.1, 0.15) is 5.82 Å². The van der Waals surface area contributed by atoms with Gasteiger partial charge in [-0.15, -0.1) is 0 Å². The van der Waals surface area contributed by atoms with Crippen molar-refractivity contribution < 1.29 is 9.18 Å². The van der Waals surface area contributed by atoms with Crippen molar-refractivity contribution >= 4 is 5.91 Å². The first kappa shape index (κ1) is 13.8. The van der Waals surface area contributed by atoms with Gasteiger partial charge >= 0.3 is 0 Å². The quantitative estimate of drug-likeness (QED) is 0.929. The number of carbonyl (C=O) groups is 1. The van der Waals surface area contributed by atoms with Crippen LogP contribution in [0.4, 0.5) is 4.39 Å². The maximum Gasteiger partial charge on any atom is 0.254 e. The lowest BCUT2D eigenvalue weighted by atomic mass is 10.1. The van der Waals surface area contributed by atoms with E-state index in [1.54, 1.807) is 0 Å². The summed E-state index contributed by atoms with van der Waals surface area (Å²) in [5, 5.41) is 11.4. The van der Waals surface area contributed by atoms with Crippen LogP contribution in [-0.4, -0.2) is 5.91 Å². The normalized spacial score (nSPS) is 11.4. The largest absolute Gasteiger partial charge is 0.345 e. The van der Waals surface area contributed by atoms with Crippen LogP contribution in [0, 0.1) is 17.1 Å². The highest BCUT2D eigenvalue weighted by Crippen LogP contribution is 2.14. The molecule has 2 aromatic carbocycles. The molecule has 0 saturated carbocycles. The highest BCUT2D eigenvalue weighted by atomic mass is 19.1. The van der Waals surface area contributed by atoms with Gasteiger partial charge in [0.2, 0.25) is 0 Å². The fourth-order valence-corrected chi connectivity index (χ4v) is 1.87. The summed E-state index contributed by atoms with van der Waals surface area (Å²) in [5.74, 6) is -1.19. The van der Waals surface area contributed by atoms with Crippen LogP contribution < -0.4 is 5.32 Å². The molecule has 2 aromatic rings. The smallest absolute Gasteiger partial charge is 0.254 e. The van der Waals surface area contributed by atoms with Crippen LogP contribution in [0.1, 0.15) is 34.5 Å². The molecule has 0 saturated heterocycles. The molecule has 0 aliphatic carbocycles. The number of halogens is 1. The van der Waals surface area contributed by atoms with E-state index in [-0.39, 0.29) is 17.2 Å². The molecule has 0 bridgehead atoms. The lowest BCUT2D eigenvalue weighted by Gasteiger charge is -2.14. The Hall–Kier alpha value is -2.67. The summed E-state index contributed by atoms with van der Waals surface area (Å²) in [6.07, 6.45) is 0. The van der Waals surface area contributed by atoms with Gasteiger partial charge in [-0.1, -0.05) is 30.3 Å². The average Bonchev–Trinajstić information content (AvgIpc) is 2.47. The van der Waals surface area contributed by atoms with Gasteiger partial charge < -0.3 is 5.32 Å². The van der Waals surface area contributed by atoms with E-state index >= 15 is 0 Å². The van der Waals surface area contributed by atoms with Crippen molar-refractivity contribution in [2.24, 2.45) is 0 Å². The average molecular weight is 268 g/mol. The van der Waals surface area contributed by atoms with E-state index in [2.05, 4.69) is 5.32 Å². The second-order valence-electron chi connectivity index (χ2n) is 4.41. The summed E-state index contributed by atoms with van der Waals surface area (Å²) in [4.78, 5) is 12.0. The third kappa shape index (κ3) is 3.01. The van der Waals surface area contributed by atoms with Gasteiger partial charge in [-0.05, 0) is 30.7 Å². The maximum absolute atomic E-state index is 13.7. The van der Waals surface area contributed by atoms with Gasteiger partial charge in [-0.2, -0.15) is 5.26 Å². The minimum Gasteiger partial charge on any atom is -0.345 e. The predicted molar refractivity (Wildman–Crippen MR) is 73.4 cm³/mol. The summed E-state index contributed by atoms with van der Waals surface area (Å²) < 4.78 is 13.7. The van der Waals surface area contributed by atoms with Crippen LogP contribution in [-0.2, 0) is 0 Å². The van der Waals surface area contributed by atoms with Gasteiger partial charge in [-0.3, -0.25) is 4.79 Å². The topological polar surface area (TPSA) is 52.9 Å². The summed E-state index contributed by atoms with van der Waals surface area (Å²) >= 11 is 0. The zero-order valence-corrected chi connectivity index (χ0v) is 10.9. The molecule has 0 spiro atoms. The predicted octanol–water partition coefficient (Wildman–Crippen LogP) is 3.19. The minimum absolute atomic E-state index is 0.0632. The standard InChI is InChI=1S/C16H13FN2O/c1-11(13-5-3-2-4-6-13)19-16(20)14-8-7-12(10-18)9-15(14)17/h2-9,11H,1H3,(H,19,20)/t11-/m0/s1. The van der Waals surface area contributed by atoms with Crippen LogP contribution in [0.25, 0.3) is 0 Å². The number of nitrogens with one attached hydrogen (secondary N) is 1. The van der Waals surface area contributed by atoms with Crippen molar-refractivity contribution in [3.63, 3.8) is 0 Å². The molecule has 1 atom stereocenters. The monoisotopic (exact) mass is 268 g/mol. The molecule has 0 fully saturated rings. The molecule has 20 heavy (non-hydrogen) atoms. The summed E-state index contributed by atoms with van der Waals surface area (Å²) in [6.45, 7) is 1.83. The summed E-state index contributed by atoms with van der Waals surface area (Å²) in [5.41, 5.74) is 1.07. The van der Waals surface area contributed by atoms with E-state index in [1.165, 1.54) is 12.1 Å². The third-order valence-corrected chi connectivity index (χ3v) is 2.99. The molecule has 0 aliphatic rings. The van der Waals surface area contributed by atoms with Gasteiger partial charge in [0.05, 0.1) is 23.2 Å². The first-order valence-electron chi connectivity index (χ1n) is 6.17. The molecule has 2 rings (SSSR count). The highest BCUT2D eigenvalue weighted by Gasteiger charge is 2.15. The van der Waals surface area contributed by atoms with E-state index in [0.29, 0.717) is 0 Å². The van der Waals surface area contributed by atoms with Crippen molar-refractivity contribution in [1.29, 1.82) is 5.26 Å². The Morgan fingerprint density at radius 1 is 1.25 bits per heavy atom. The SMILES string of the molecule is C[C@H](NC(=O)c1ccc(C#N)cc1F)c1ccccc1. The van der Waals surface area contributed by atoms with E-state index in [0.717, 1.165) is 11.6 Å². The van der Waals surface area contributed by atoms with Gasteiger partial charge in [-0.25, -0.2) is 4.39 Å². The zero-order valence-electron chi connectivity index (χ0n) is 10.9. The maximum atomic E-state index is 13.7. The molecule has 0 radical (unpaired) electrons. The fourth-order valence-electron chi connectivity index (χ4n) is 1.87. The van der Waals surface area contributed by atoms with Crippen molar-refractivity contribution in [2.45, 2.75) is 13.0 Å². The minimum atomic E-state index is -0.693. The molecule has 4 heteroatoms. The molecule has 100 valence electrons.